The Morgan fingerprint density at radius 2 is 0.912 bits per heavy atom. The summed E-state index contributed by atoms with van der Waals surface area (Å²) >= 11 is 0. The van der Waals surface area contributed by atoms with Crippen LogP contribution in [0.3, 0.4) is 0 Å². The molecule has 0 aromatic heterocycles. The van der Waals surface area contributed by atoms with Gasteiger partial charge in [-0.1, -0.05) is 66.7 Å². The van der Waals surface area contributed by atoms with E-state index in [1.165, 1.54) is 0 Å². The second kappa shape index (κ2) is 9.55. The molecule has 0 N–H and O–H groups in total. The summed E-state index contributed by atoms with van der Waals surface area (Å²) in [5.41, 5.74) is 0.799. The van der Waals surface area contributed by atoms with Gasteiger partial charge >= 0.3 is 12.3 Å². The average Bonchev–Trinajstić information content (AvgIpc) is 2.84. The second-order valence-corrected chi connectivity index (χ2v) is 11.2. The Labute approximate surface area is 195 Å². The van der Waals surface area contributed by atoms with E-state index in [4.69, 9.17) is 0 Å². The van der Waals surface area contributed by atoms with Gasteiger partial charge in [-0.15, -0.1) is 0 Å². The van der Waals surface area contributed by atoms with Crippen LogP contribution in [0.25, 0.3) is 0 Å². The van der Waals surface area contributed by atoms with Gasteiger partial charge in [-0.2, -0.15) is 22.0 Å². The van der Waals surface area contributed by atoms with E-state index in [1.807, 2.05) is 54.6 Å². The van der Waals surface area contributed by atoms with Gasteiger partial charge in [0.25, 0.3) is 0 Å². The minimum absolute atomic E-state index is 0.547. The number of alkyl halides is 5. The number of benzene rings is 4. The van der Waals surface area contributed by atoms with Crippen molar-refractivity contribution in [3.63, 3.8) is 0 Å². The standard InChI is InChI=1S/C27H21F5OP/c28-26(29,30)27(31,32)33-22-18-16-21(17-19-22)20-34(23-10-4-1-5-11-23,24-12-6-2-7-13-24)25-14-8-3-9-15-25/h1-19H,20H2/q+1. The van der Waals surface area contributed by atoms with Gasteiger partial charge in [0.1, 0.15) is 28.9 Å². The van der Waals surface area contributed by atoms with E-state index >= 15 is 0 Å². The molecule has 0 amide bonds. The third-order valence-corrected chi connectivity index (χ3v) is 9.89. The highest BCUT2D eigenvalue weighted by molar-refractivity contribution is 7.95. The van der Waals surface area contributed by atoms with Crippen molar-refractivity contribution in [2.45, 2.75) is 18.4 Å². The Balaban J connectivity index is 1.78. The molecule has 174 valence electrons. The first-order chi connectivity index (χ1) is 16.2. The summed E-state index contributed by atoms with van der Waals surface area (Å²) < 4.78 is 68.1. The van der Waals surface area contributed by atoms with E-state index in [0.29, 0.717) is 6.16 Å². The van der Waals surface area contributed by atoms with E-state index in [2.05, 4.69) is 41.1 Å². The van der Waals surface area contributed by atoms with Crippen molar-refractivity contribution in [2.24, 2.45) is 0 Å². The lowest BCUT2D eigenvalue weighted by atomic mass is 10.2. The van der Waals surface area contributed by atoms with Crippen molar-refractivity contribution < 1.29 is 26.7 Å². The van der Waals surface area contributed by atoms with Crippen LogP contribution in [0.15, 0.2) is 115 Å². The molecule has 7 heteroatoms. The average molecular weight is 487 g/mol. The van der Waals surface area contributed by atoms with E-state index < -0.39 is 25.3 Å². The zero-order valence-corrected chi connectivity index (χ0v) is 18.8. The Morgan fingerprint density at radius 3 is 1.26 bits per heavy atom. The maximum Gasteiger partial charge on any atom is 0.499 e. The van der Waals surface area contributed by atoms with Gasteiger partial charge in [-0.3, -0.25) is 0 Å². The SMILES string of the molecule is FC(F)(F)C(F)(F)Oc1ccc(C[P+](c2ccccc2)(c2ccccc2)c2ccccc2)cc1. The maximum atomic E-state index is 13.3. The summed E-state index contributed by atoms with van der Waals surface area (Å²) in [6.07, 6.45) is -10.5. The van der Waals surface area contributed by atoms with E-state index in [-0.39, 0.29) is 0 Å². The predicted octanol–water partition coefficient (Wildman–Crippen LogP) is 6.71. The summed E-state index contributed by atoms with van der Waals surface area (Å²) in [4.78, 5) is 0. The number of halogens is 5. The maximum absolute atomic E-state index is 13.3. The van der Waals surface area contributed by atoms with Crippen LogP contribution in [-0.4, -0.2) is 12.3 Å². The first-order valence-electron chi connectivity index (χ1n) is 10.5. The van der Waals surface area contributed by atoms with Gasteiger partial charge in [0.05, 0.1) is 6.16 Å². The highest BCUT2D eigenvalue weighted by Gasteiger charge is 2.61. The monoisotopic (exact) mass is 487 g/mol. The van der Waals surface area contributed by atoms with E-state index in [9.17, 15) is 22.0 Å². The zero-order valence-electron chi connectivity index (χ0n) is 17.9. The van der Waals surface area contributed by atoms with E-state index in [0.717, 1.165) is 33.6 Å². The molecule has 0 aliphatic heterocycles. The van der Waals surface area contributed by atoms with Gasteiger partial charge in [0.2, 0.25) is 0 Å². The molecular formula is C27H21F5OP+. The predicted molar refractivity (Wildman–Crippen MR) is 127 cm³/mol. The Kier molecular flexibility index (Phi) is 6.72. The Hall–Kier alpha value is -3.24. The first kappa shape index (κ1) is 23.9. The van der Waals surface area contributed by atoms with Gasteiger partial charge in [0.15, 0.2) is 0 Å². The lowest BCUT2D eigenvalue weighted by Crippen LogP contribution is -2.41. The van der Waals surface area contributed by atoms with Crippen LogP contribution >= 0.6 is 7.26 Å². The molecule has 0 spiro atoms. The molecule has 1 nitrogen and oxygen atoms in total. The minimum atomic E-state index is -5.79. The normalized spacial score (nSPS) is 12.4. The molecule has 34 heavy (non-hydrogen) atoms. The molecule has 0 aliphatic carbocycles. The molecule has 0 saturated heterocycles. The van der Waals surface area contributed by atoms with Crippen LogP contribution in [0.5, 0.6) is 5.75 Å². The third-order valence-electron chi connectivity index (χ3n) is 5.51. The summed E-state index contributed by atoms with van der Waals surface area (Å²) in [6, 6.07) is 35.6. The van der Waals surface area contributed by atoms with Crippen LogP contribution in [0.2, 0.25) is 0 Å². The first-order valence-corrected chi connectivity index (χ1v) is 12.5. The highest BCUT2D eigenvalue weighted by atomic mass is 31.2. The fourth-order valence-corrected chi connectivity index (χ4v) is 8.16. The van der Waals surface area contributed by atoms with Crippen molar-refractivity contribution in [1.82, 2.24) is 0 Å². The fourth-order valence-electron chi connectivity index (χ4n) is 3.91. The quantitative estimate of drug-likeness (QED) is 0.208. The summed E-state index contributed by atoms with van der Waals surface area (Å²) in [5, 5.41) is 3.41. The van der Waals surface area contributed by atoms with Gasteiger partial charge < -0.3 is 4.74 Å². The van der Waals surface area contributed by atoms with Crippen molar-refractivity contribution >= 4 is 23.2 Å². The molecular weight excluding hydrogens is 466 g/mol. The number of hydrogen-bond acceptors (Lipinski definition) is 1. The Morgan fingerprint density at radius 1 is 0.529 bits per heavy atom. The third kappa shape index (κ3) is 4.83. The smallest absolute Gasteiger partial charge is 0.426 e. The van der Waals surface area contributed by atoms with Crippen molar-refractivity contribution in [3.8, 4) is 5.75 Å². The summed E-state index contributed by atoms with van der Waals surface area (Å²) in [5.74, 6) is -0.547. The highest BCUT2D eigenvalue weighted by Crippen LogP contribution is 2.58. The number of ether oxygens (including phenoxy) is 1. The van der Waals surface area contributed by atoms with Crippen LogP contribution < -0.4 is 20.7 Å². The van der Waals surface area contributed by atoms with Gasteiger partial charge in [-0.25, -0.2) is 0 Å². The summed E-state index contributed by atoms with van der Waals surface area (Å²) in [6.45, 7) is 0. The topological polar surface area (TPSA) is 9.23 Å². The number of rotatable bonds is 7. The second-order valence-electron chi connectivity index (χ2n) is 7.74. The molecule has 0 aliphatic rings. The van der Waals surface area contributed by atoms with Gasteiger partial charge in [-0.05, 0) is 54.1 Å². The lowest BCUT2D eigenvalue weighted by Gasteiger charge is -2.28. The summed E-state index contributed by atoms with van der Waals surface area (Å²) in [7, 11) is -2.23. The number of hydrogen-bond donors (Lipinski definition) is 0. The van der Waals surface area contributed by atoms with Crippen LogP contribution in [-0.2, 0) is 6.16 Å². The molecule has 0 unspecified atom stereocenters. The molecule has 0 bridgehead atoms. The van der Waals surface area contributed by atoms with Crippen molar-refractivity contribution in [1.29, 1.82) is 0 Å². The van der Waals surface area contributed by atoms with Crippen molar-refractivity contribution in [3.05, 3.63) is 121 Å². The van der Waals surface area contributed by atoms with E-state index in [1.54, 1.807) is 12.1 Å². The van der Waals surface area contributed by atoms with Crippen LogP contribution in [0.1, 0.15) is 5.56 Å². The fraction of sp³-hybridized carbons (Fsp3) is 0.111. The zero-order chi connectivity index (χ0) is 24.2. The molecule has 0 radical (unpaired) electrons. The molecule has 4 rings (SSSR count). The molecule has 0 atom stereocenters. The lowest BCUT2D eigenvalue weighted by molar-refractivity contribution is -0.360. The van der Waals surface area contributed by atoms with Crippen LogP contribution in [0, 0.1) is 0 Å². The minimum Gasteiger partial charge on any atom is -0.426 e. The molecule has 4 aromatic rings. The molecule has 0 saturated carbocycles. The largest absolute Gasteiger partial charge is 0.499 e. The van der Waals surface area contributed by atoms with Gasteiger partial charge in [0, 0.05) is 0 Å². The van der Waals surface area contributed by atoms with Crippen LogP contribution in [0.4, 0.5) is 22.0 Å². The molecule has 4 aromatic carbocycles. The molecule has 0 heterocycles. The van der Waals surface area contributed by atoms with Crippen molar-refractivity contribution in [2.75, 3.05) is 0 Å². The molecule has 0 fully saturated rings. The Bertz CT molecular complexity index is 1100.